The van der Waals surface area contributed by atoms with Gasteiger partial charge in [-0.1, -0.05) is 6.07 Å². The molecule has 1 aromatic heterocycles. The molecular weight excluding hydrogens is 252 g/mol. The SMILES string of the molecule is CN(CCC#N)S(=O)(=O)NCCc1ccccn1. The minimum Gasteiger partial charge on any atom is -0.261 e. The predicted octanol–water partition coefficient (Wildman–Crippen LogP) is 0.304. The van der Waals surface area contributed by atoms with E-state index < -0.39 is 10.2 Å². The molecule has 0 bridgehead atoms. The predicted molar refractivity (Wildman–Crippen MR) is 67.7 cm³/mol. The van der Waals surface area contributed by atoms with E-state index in [-0.39, 0.29) is 19.5 Å². The maximum atomic E-state index is 11.7. The van der Waals surface area contributed by atoms with E-state index >= 15 is 0 Å². The zero-order valence-electron chi connectivity index (χ0n) is 10.2. The van der Waals surface area contributed by atoms with Gasteiger partial charge in [0.1, 0.15) is 0 Å². The van der Waals surface area contributed by atoms with Gasteiger partial charge in [-0.15, -0.1) is 0 Å². The summed E-state index contributed by atoms with van der Waals surface area (Å²) in [5.41, 5.74) is 0.833. The van der Waals surface area contributed by atoms with Crippen LogP contribution >= 0.6 is 0 Å². The van der Waals surface area contributed by atoms with Crippen molar-refractivity contribution in [3.8, 4) is 6.07 Å². The Morgan fingerprint density at radius 1 is 1.50 bits per heavy atom. The summed E-state index contributed by atoms with van der Waals surface area (Å²) in [6, 6.07) is 7.42. The molecule has 0 saturated carbocycles. The van der Waals surface area contributed by atoms with Gasteiger partial charge in [-0.25, -0.2) is 4.72 Å². The van der Waals surface area contributed by atoms with Crippen LogP contribution in [0.1, 0.15) is 12.1 Å². The fourth-order valence-corrected chi connectivity index (χ4v) is 2.20. The number of hydrogen-bond donors (Lipinski definition) is 1. The largest absolute Gasteiger partial charge is 0.279 e. The number of nitriles is 1. The third-order valence-corrected chi connectivity index (χ3v) is 3.91. The van der Waals surface area contributed by atoms with Gasteiger partial charge in [0.25, 0.3) is 10.2 Å². The van der Waals surface area contributed by atoms with Crippen LogP contribution in [0.3, 0.4) is 0 Å². The lowest BCUT2D eigenvalue weighted by Gasteiger charge is -2.16. The summed E-state index contributed by atoms with van der Waals surface area (Å²) in [4.78, 5) is 4.10. The molecule has 0 unspecified atom stereocenters. The van der Waals surface area contributed by atoms with Gasteiger partial charge < -0.3 is 0 Å². The molecular formula is C11H16N4O2S. The molecule has 18 heavy (non-hydrogen) atoms. The van der Waals surface area contributed by atoms with Crippen LogP contribution in [0, 0.1) is 11.3 Å². The lowest BCUT2D eigenvalue weighted by molar-refractivity contribution is 0.464. The van der Waals surface area contributed by atoms with E-state index in [4.69, 9.17) is 5.26 Å². The van der Waals surface area contributed by atoms with E-state index in [1.54, 1.807) is 6.20 Å². The van der Waals surface area contributed by atoms with Gasteiger partial charge in [0.15, 0.2) is 0 Å². The van der Waals surface area contributed by atoms with Crippen LogP contribution in [0.5, 0.6) is 0 Å². The summed E-state index contributed by atoms with van der Waals surface area (Å²) in [5, 5.41) is 8.41. The van der Waals surface area contributed by atoms with Crippen LogP contribution in [-0.2, 0) is 16.6 Å². The lowest BCUT2D eigenvalue weighted by atomic mass is 10.3. The Morgan fingerprint density at radius 3 is 2.89 bits per heavy atom. The fourth-order valence-electron chi connectivity index (χ4n) is 1.29. The van der Waals surface area contributed by atoms with Crippen LogP contribution in [-0.4, -0.2) is 37.8 Å². The van der Waals surface area contributed by atoms with Crippen LogP contribution in [0.25, 0.3) is 0 Å². The molecule has 98 valence electrons. The van der Waals surface area contributed by atoms with Gasteiger partial charge in [0.05, 0.1) is 6.07 Å². The van der Waals surface area contributed by atoms with Gasteiger partial charge in [-0.2, -0.15) is 18.0 Å². The van der Waals surface area contributed by atoms with Gasteiger partial charge in [0.2, 0.25) is 0 Å². The number of nitrogens with one attached hydrogen (secondary N) is 1. The second-order valence-electron chi connectivity index (χ2n) is 3.70. The maximum absolute atomic E-state index is 11.7. The minimum atomic E-state index is -3.50. The van der Waals surface area contributed by atoms with Crippen molar-refractivity contribution in [3.63, 3.8) is 0 Å². The van der Waals surface area contributed by atoms with Gasteiger partial charge in [0, 0.05) is 44.9 Å². The zero-order chi connectivity index (χ0) is 13.4. The molecule has 0 atom stereocenters. The molecule has 0 saturated heterocycles. The van der Waals surface area contributed by atoms with Crippen molar-refractivity contribution >= 4 is 10.2 Å². The summed E-state index contributed by atoms with van der Waals surface area (Å²) in [5.74, 6) is 0. The summed E-state index contributed by atoms with van der Waals surface area (Å²) in [6.07, 6.45) is 2.38. The second kappa shape index (κ2) is 7.06. The molecule has 0 aliphatic carbocycles. The molecule has 0 radical (unpaired) electrons. The highest BCUT2D eigenvalue weighted by Crippen LogP contribution is 1.97. The van der Waals surface area contributed by atoms with Crippen LogP contribution < -0.4 is 4.72 Å². The van der Waals surface area contributed by atoms with Crippen LogP contribution in [0.4, 0.5) is 0 Å². The van der Waals surface area contributed by atoms with E-state index in [9.17, 15) is 8.42 Å². The van der Waals surface area contributed by atoms with Crippen molar-refractivity contribution in [2.45, 2.75) is 12.8 Å². The quantitative estimate of drug-likeness (QED) is 0.770. The highest BCUT2D eigenvalue weighted by atomic mass is 32.2. The maximum Gasteiger partial charge on any atom is 0.279 e. The van der Waals surface area contributed by atoms with Crippen molar-refractivity contribution in [2.24, 2.45) is 0 Å². The first kappa shape index (κ1) is 14.6. The van der Waals surface area contributed by atoms with Crippen molar-refractivity contribution < 1.29 is 8.42 Å². The number of rotatable bonds is 7. The molecule has 1 N–H and O–H groups in total. The van der Waals surface area contributed by atoms with Crippen molar-refractivity contribution in [1.29, 1.82) is 5.26 Å². The highest BCUT2D eigenvalue weighted by Gasteiger charge is 2.15. The Bertz CT molecular complexity index is 496. The second-order valence-corrected chi connectivity index (χ2v) is 5.56. The smallest absolute Gasteiger partial charge is 0.261 e. The number of pyridine rings is 1. The Labute approximate surface area is 107 Å². The fraction of sp³-hybridized carbons (Fsp3) is 0.455. The summed E-state index contributed by atoms with van der Waals surface area (Å²) >= 11 is 0. The first-order valence-corrected chi connectivity index (χ1v) is 6.98. The van der Waals surface area contributed by atoms with Gasteiger partial charge >= 0.3 is 0 Å². The molecule has 0 aromatic carbocycles. The third-order valence-electron chi connectivity index (χ3n) is 2.34. The van der Waals surface area contributed by atoms with E-state index in [0.29, 0.717) is 6.42 Å². The normalized spacial score (nSPS) is 11.4. The molecule has 7 heteroatoms. The molecule has 1 heterocycles. The van der Waals surface area contributed by atoms with Crippen LogP contribution in [0.15, 0.2) is 24.4 Å². The molecule has 1 aromatic rings. The lowest BCUT2D eigenvalue weighted by Crippen LogP contribution is -2.39. The van der Waals surface area contributed by atoms with Crippen LogP contribution in [0.2, 0.25) is 0 Å². The minimum absolute atomic E-state index is 0.178. The zero-order valence-corrected chi connectivity index (χ0v) is 11.0. The number of aromatic nitrogens is 1. The summed E-state index contributed by atoms with van der Waals surface area (Å²) in [6.45, 7) is 0.478. The standard InChI is InChI=1S/C11H16N4O2S/c1-15(10-4-7-12)18(16,17)14-9-6-11-5-2-3-8-13-11/h2-3,5,8,14H,4,6,9-10H2,1H3. The molecule has 0 spiro atoms. The van der Waals surface area contributed by atoms with E-state index in [2.05, 4.69) is 9.71 Å². The Balaban J connectivity index is 2.40. The molecule has 0 amide bonds. The summed E-state index contributed by atoms with van der Waals surface area (Å²) in [7, 11) is -2.05. The average Bonchev–Trinajstić information content (AvgIpc) is 2.37. The number of nitrogens with zero attached hydrogens (tertiary/aromatic N) is 3. The first-order chi connectivity index (χ1) is 8.56. The van der Waals surface area contributed by atoms with Crippen molar-refractivity contribution in [1.82, 2.24) is 14.0 Å². The van der Waals surface area contributed by atoms with Crippen molar-refractivity contribution in [2.75, 3.05) is 20.1 Å². The van der Waals surface area contributed by atoms with E-state index in [1.807, 2.05) is 24.3 Å². The Morgan fingerprint density at radius 2 is 2.28 bits per heavy atom. The average molecular weight is 268 g/mol. The van der Waals surface area contributed by atoms with Gasteiger partial charge in [-0.05, 0) is 12.1 Å². The highest BCUT2D eigenvalue weighted by molar-refractivity contribution is 7.87. The summed E-state index contributed by atoms with van der Waals surface area (Å²) < 4.78 is 27.0. The van der Waals surface area contributed by atoms with E-state index in [1.165, 1.54) is 7.05 Å². The third kappa shape index (κ3) is 4.79. The first-order valence-electron chi connectivity index (χ1n) is 5.54. The monoisotopic (exact) mass is 268 g/mol. The topological polar surface area (TPSA) is 86.1 Å². The molecule has 1 rings (SSSR count). The molecule has 0 aliphatic heterocycles. The molecule has 6 nitrogen and oxygen atoms in total. The Hall–Kier alpha value is -1.49. The van der Waals surface area contributed by atoms with Crippen molar-refractivity contribution in [3.05, 3.63) is 30.1 Å². The molecule has 0 fully saturated rings. The molecule has 0 aliphatic rings. The Kier molecular flexibility index (Phi) is 5.71. The van der Waals surface area contributed by atoms with E-state index in [0.717, 1.165) is 10.00 Å². The van der Waals surface area contributed by atoms with Gasteiger partial charge in [-0.3, -0.25) is 4.98 Å². The number of hydrogen-bond acceptors (Lipinski definition) is 4.